The fourth-order valence-corrected chi connectivity index (χ4v) is 3.92. The fraction of sp³-hybridized carbons (Fsp3) is 0.115. The van der Waals surface area contributed by atoms with Gasteiger partial charge in [-0.25, -0.2) is 4.99 Å². The number of nitrogens with one attached hydrogen (secondary N) is 2. The van der Waals surface area contributed by atoms with Crippen molar-refractivity contribution in [3.05, 3.63) is 94.4 Å². The topological polar surface area (TPSA) is 79.8 Å². The van der Waals surface area contributed by atoms with E-state index in [4.69, 9.17) is 4.74 Å². The third kappa shape index (κ3) is 6.33. The van der Waals surface area contributed by atoms with Gasteiger partial charge in [-0.3, -0.25) is 9.59 Å². The van der Waals surface area contributed by atoms with E-state index in [9.17, 15) is 9.59 Å². The van der Waals surface area contributed by atoms with Crippen LogP contribution in [0.1, 0.15) is 23.6 Å². The Kier molecular flexibility index (Phi) is 6.90. The number of nitrogens with zero attached hydrogens (tertiary/aromatic N) is 1. The molecule has 7 heteroatoms. The molecule has 3 aromatic carbocycles. The average Bonchev–Trinajstić information content (AvgIpc) is 3.14. The molecule has 0 spiro atoms. The number of thioether (sulfide) groups is 1. The lowest BCUT2D eigenvalue weighted by Gasteiger charge is -2.07. The molecule has 0 unspecified atom stereocenters. The smallest absolute Gasteiger partial charge is 0.264 e. The Balaban J connectivity index is 1.37. The molecule has 166 valence electrons. The second kappa shape index (κ2) is 10.2. The number of anilines is 1. The van der Waals surface area contributed by atoms with Crippen molar-refractivity contribution in [1.29, 1.82) is 0 Å². The van der Waals surface area contributed by atoms with E-state index < -0.39 is 0 Å². The molecule has 1 fully saturated rings. The van der Waals surface area contributed by atoms with Crippen LogP contribution in [0.5, 0.6) is 5.75 Å². The molecule has 1 heterocycles. The first-order chi connectivity index (χ1) is 15.9. The second-order valence-corrected chi connectivity index (χ2v) is 8.58. The minimum atomic E-state index is -0.187. The molecule has 33 heavy (non-hydrogen) atoms. The number of carbonyl (C=O) groups excluding carboxylic acids is 2. The minimum absolute atomic E-state index is 0.131. The van der Waals surface area contributed by atoms with E-state index in [0.717, 1.165) is 16.9 Å². The molecule has 0 saturated carbocycles. The zero-order chi connectivity index (χ0) is 23.2. The van der Waals surface area contributed by atoms with Crippen molar-refractivity contribution in [1.82, 2.24) is 5.32 Å². The second-order valence-electron chi connectivity index (χ2n) is 7.55. The van der Waals surface area contributed by atoms with E-state index in [1.165, 1.54) is 24.2 Å². The Morgan fingerprint density at radius 3 is 2.39 bits per heavy atom. The highest BCUT2D eigenvalue weighted by Crippen LogP contribution is 2.29. The molecule has 0 bridgehead atoms. The Labute approximate surface area is 196 Å². The van der Waals surface area contributed by atoms with Crippen LogP contribution in [-0.2, 0) is 16.2 Å². The quantitative estimate of drug-likeness (QED) is 0.484. The largest absolute Gasteiger partial charge is 0.489 e. The summed E-state index contributed by atoms with van der Waals surface area (Å²) in [5, 5.41) is 6.00. The van der Waals surface area contributed by atoms with Crippen LogP contribution in [0.15, 0.2) is 82.7 Å². The summed E-state index contributed by atoms with van der Waals surface area (Å²) in [5.41, 5.74) is 4.61. The molecule has 0 radical (unpaired) electrons. The summed E-state index contributed by atoms with van der Waals surface area (Å²) in [7, 11) is 0. The van der Waals surface area contributed by atoms with Gasteiger partial charge in [0.15, 0.2) is 5.17 Å². The monoisotopic (exact) mass is 457 g/mol. The van der Waals surface area contributed by atoms with E-state index in [-0.39, 0.29) is 11.8 Å². The van der Waals surface area contributed by atoms with Crippen LogP contribution in [0.3, 0.4) is 0 Å². The first-order valence-corrected chi connectivity index (χ1v) is 11.2. The van der Waals surface area contributed by atoms with Crippen LogP contribution < -0.4 is 15.4 Å². The van der Waals surface area contributed by atoms with Crippen molar-refractivity contribution < 1.29 is 14.3 Å². The summed E-state index contributed by atoms with van der Waals surface area (Å²) in [5.74, 6) is 0.452. The Bertz CT molecular complexity index is 1220. The molecule has 4 rings (SSSR count). The molecule has 1 saturated heterocycles. The van der Waals surface area contributed by atoms with Crippen molar-refractivity contribution in [3.63, 3.8) is 0 Å². The van der Waals surface area contributed by atoms with Crippen molar-refractivity contribution in [3.8, 4) is 5.75 Å². The molecule has 0 aromatic heterocycles. The van der Waals surface area contributed by atoms with Gasteiger partial charge in [-0.1, -0.05) is 42.0 Å². The van der Waals surface area contributed by atoms with Crippen molar-refractivity contribution in [2.45, 2.75) is 20.5 Å². The van der Waals surface area contributed by atoms with Crippen LogP contribution in [0.2, 0.25) is 0 Å². The Morgan fingerprint density at radius 1 is 1.03 bits per heavy atom. The summed E-state index contributed by atoms with van der Waals surface area (Å²) < 4.78 is 5.84. The molecular weight excluding hydrogens is 434 g/mol. The number of hydrogen-bond donors (Lipinski definition) is 2. The van der Waals surface area contributed by atoms with Crippen molar-refractivity contribution in [2.75, 3.05) is 5.32 Å². The van der Waals surface area contributed by atoms with E-state index in [1.54, 1.807) is 24.3 Å². The van der Waals surface area contributed by atoms with Crippen LogP contribution in [0, 0.1) is 6.92 Å². The standard InChI is InChI=1S/C26H23N3O3S/c1-17-3-5-20(6-4-17)16-32-23-13-7-19(8-14-23)15-24-25(31)29-26(33-24)28-22-11-9-21(10-12-22)27-18(2)30/h3-15H,16H2,1-2H3,(H,27,30)(H,28,29,31)/b24-15-. The Morgan fingerprint density at radius 2 is 1.73 bits per heavy atom. The van der Waals surface area contributed by atoms with Gasteiger partial charge in [0.1, 0.15) is 12.4 Å². The highest BCUT2D eigenvalue weighted by Gasteiger charge is 2.23. The maximum absolute atomic E-state index is 12.4. The lowest BCUT2D eigenvalue weighted by molar-refractivity contribution is -0.115. The predicted octanol–water partition coefficient (Wildman–Crippen LogP) is 5.42. The number of aryl methyl sites for hydroxylation is 1. The number of carbonyl (C=O) groups is 2. The average molecular weight is 458 g/mol. The summed E-state index contributed by atoms with van der Waals surface area (Å²) in [4.78, 5) is 28.5. The van der Waals surface area contributed by atoms with Gasteiger partial charge in [-0.15, -0.1) is 0 Å². The number of benzene rings is 3. The minimum Gasteiger partial charge on any atom is -0.489 e. The van der Waals surface area contributed by atoms with Gasteiger partial charge in [0.25, 0.3) is 5.91 Å². The van der Waals surface area contributed by atoms with E-state index in [0.29, 0.717) is 28.1 Å². The molecule has 3 aromatic rings. The molecule has 0 aliphatic carbocycles. The predicted molar refractivity (Wildman–Crippen MR) is 134 cm³/mol. The zero-order valence-corrected chi connectivity index (χ0v) is 19.1. The van der Waals surface area contributed by atoms with Crippen molar-refractivity contribution in [2.24, 2.45) is 4.99 Å². The van der Waals surface area contributed by atoms with Gasteiger partial charge in [0, 0.05) is 12.6 Å². The van der Waals surface area contributed by atoms with Crippen LogP contribution in [0.4, 0.5) is 11.4 Å². The molecule has 1 aliphatic heterocycles. The van der Waals surface area contributed by atoms with Gasteiger partial charge in [0.2, 0.25) is 5.91 Å². The van der Waals surface area contributed by atoms with Gasteiger partial charge >= 0.3 is 0 Å². The van der Waals surface area contributed by atoms with Gasteiger partial charge in [-0.05, 0) is 72.3 Å². The zero-order valence-electron chi connectivity index (χ0n) is 18.3. The normalized spacial score (nSPS) is 15.5. The first kappa shape index (κ1) is 22.4. The highest BCUT2D eigenvalue weighted by atomic mass is 32.2. The maximum atomic E-state index is 12.4. The third-order valence-electron chi connectivity index (χ3n) is 4.77. The SMILES string of the molecule is CC(=O)Nc1ccc(N=C2NC(=O)/C(=C/c3ccc(OCc4ccc(C)cc4)cc3)S2)cc1. The number of amides is 2. The molecular formula is C26H23N3O3S. The Hall–Kier alpha value is -3.84. The molecule has 2 amide bonds. The lowest BCUT2D eigenvalue weighted by Crippen LogP contribution is -2.19. The van der Waals surface area contributed by atoms with E-state index in [2.05, 4.69) is 46.8 Å². The van der Waals surface area contributed by atoms with Gasteiger partial charge < -0.3 is 15.4 Å². The summed E-state index contributed by atoms with van der Waals surface area (Å²) in [6, 6.07) is 23.0. The van der Waals surface area contributed by atoms with Gasteiger partial charge in [-0.2, -0.15) is 0 Å². The van der Waals surface area contributed by atoms with E-state index >= 15 is 0 Å². The highest BCUT2D eigenvalue weighted by molar-refractivity contribution is 8.18. The summed E-state index contributed by atoms with van der Waals surface area (Å²) >= 11 is 1.29. The van der Waals surface area contributed by atoms with Crippen LogP contribution in [-0.4, -0.2) is 17.0 Å². The molecule has 2 N–H and O–H groups in total. The summed E-state index contributed by atoms with van der Waals surface area (Å²) in [6.45, 7) is 4.02. The molecule has 0 atom stereocenters. The van der Waals surface area contributed by atoms with Gasteiger partial charge in [0.05, 0.1) is 10.6 Å². The third-order valence-corrected chi connectivity index (χ3v) is 5.68. The van der Waals surface area contributed by atoms with Crippen molar-refractivity contribution >= 4 is 46.2 Å². The fourth-order valence-electron chi connectivity index (χ4n) is 3.08. The number of rotatable bonds is 6. The maximum Gasteiger partial charge on any atom is 0.264 e. The van der Waals surface area contributed by atoms with Crippen LogP contribution >= 0.6 is 11.8 Å². The number of ether oxygens (including phenoxy) is 1. The first-order valence-electron chi connectivity index (χ1n) is 10.4. The molecule has 1 aliphatic rings. The van der Waals surface area contributed by atoms with Crippen LogP contribution in [0.25, 0.3) is 6.08 Å². The lowest BCUT2D eigenvalue weighted by atomic mass is 10.1. The number of amidine groups is 1. The molecule has 6 nitrogen and oxygen atoms in total. The summed E-state index contributed by atoms with van der Waals surface area (Å²) in [6.07, 6.45) is 1.83. The van der Waals surface area contributed by atoms with E-state index in [1.807, 2.05) is 30.3 Å². The number of hydrogen-bond acceptors (Lipinski definition) is 5. The number of aliphatic imine (C=N–C) groups is 1.